The van der Waals surface area contributed by atoms with E-state index in [0.29, 0.717) is 11.1 Å². The summed E-state index contributed by atoms with van der Waals surface area (Å²) < 4.78 is 0. The first kappa shape index (κ1) is 14.3. The van der Waals surface area contributed by atoms with Gasteiger partial charge in [-0.2, -0.15) is 0 Å². The maximum Gasteiger partial charge on any atom is 0.352 e. The number of para-hydroxylation sites is 1. The molecule has 0 spiro atoms. The molecule has 0 aliphatic heterocycles. The Balaban J connectivity index is 2.27. The van der Waals surface area contributed by atoms with E-state index in [2.05, 4.69) is 5.32 Å². The maximum atomic E-state index is 12.0. The van der Waals surface area contributed by atoms with E-state index in [0.717, 1.165) is 0 Å². The smallest absolute Gasteiger partial charge is 0.352 e. The molecular weight excluding hydrogens is 270 g/mol. The number of hydrogen-bond acceptors (Lipinski definition) is 3. The number of carboxylic acids is 1. The average Bonchev–Trinajstić information content (AvgIpc) is 2.49. The zero-order valence-electron chi connectivity index (χ0n) is 11.0. The van der Waals surface area contributed by atoms with Crippen LogP contribution in [0.25, 0.3) is 6.08 Å². The lowest BCUT2D eigenvalue weighted by atomic mass is 10.1. The predicted molar refractivity (Wildman–Crippen MR) is 77.6 cm³/mol. The Morgan fingerprint density at radius 2 is 1.57 bits per heavy atom. The van der Waals surface area contributed by atoms with E-state index in [1.54, 1.807) is 48.5 Å². The molecule has 0 bridgehead atoms. The third kappa shape index (κ3) is 3.70. The lowest BCUT2D eigenvalue weighted by molar-refractivity contribution is -0.132. The van der Waals surface area contributed by atoms with Gasteiger partial charge in [0.1, 0.15) is 11.4 Å². The van der Waals surface area contributed by atoms with Crippen LogP contribution in [0.15, 0.2) is 60.3 Å². The quantitative estimate of drug-likeness (QED) is 0.751. The van der Waals surface area contributed by atoms with Crippen molar-refractivity contribution in [3.63, 3.8) is 0 Å². The summed E-state index contributed by atoms with van der Waals surface area (Å²) in [7, 11) is 0. The monoisotopic (exact) mass is 283 g/mol. The number of benzene rings is 2. The van der Waals surface area contributed by atoms with Gasteiger partial charge in [-0.1, -0.05) is 36.4 Å². The van der Waals surface area contributed by atoms with E-state index in [1.165, 1.54) is 12.1 Å². The molecular formula is C16H13NO4. The molecule has 0 radical (unpaired) electrons. The summed E-state index contributed by atoms with van der Waals surface area (Å²) in [5, 5.41) is 21.1. The normalized spacial score (nSPS) is 11.0. The molecule has 0 saturated heterocycles. The van der Waals surface area contributed by atoms with Crippen LogP contribution in [0, 0.1) is 0 Å². The molecule has 2 rings (SSSR count). The second-order valence-electron chi connectivity index (χ2n) is 4.24. The Hall–Kier alpha value is -3.08. The molecule has 106 valence electrons. The summed E-state index contributed by atoms with van der Waals surface area (Å²) in [5.41, 5.74) is 0.343. The first-order valence-corrected chi connectivity index (χ1v) is 6.17. The topological polar surface area (TPSA) is 86.6 Å². The Morgan fingerprint density at radius 1 is 0.952 bits per heavy atom. The van der Waals surface area contributed by atoms with Gasteiger partial charge in [0.15, 0.2) is 0 Å². The average molecular weight is 283 g/mol. The van der Waals surface area contributed by atoms with Gasteiger partial charge in [-0.05, 0) is 24.3 Å². The minimum absolute atomic E-state index is 0.0646. The fourth-order valence-electron chi connectivity index (χ4n) is 1.70. The van der Waals surface area contributed by atoms with Crippen molar-refractivity contribution in [3.05, 3.63) is 71.4 Å². The van der Waals surface area contributed by atoms with Gasteiger partial charge < -0.3 is 15.5 Å². The molecule has 21 heavy (non-hydrogen) atoms. The van der Waals surface area contributed by atoms with Crippen molar-refractivity contribution in [1.82, 2.24) is 5.32 Å². The van der Waals surface area contributed by atoms with E-state index in [9.17, 15) is 14.7 Å². The third-order valence-electron chi connectivity index (χ3n) is 2.75. The van der Waals surface area contributed by atoms with E-state index in [1.807, 2.05) is 0 Å². The zero-order chi connectivity index (χ0) is 15.2. The first-order valence-electron chi connectivity index (χ1n) is 6.17. The Labute approximate surface area is 121 Å². The van der Waals surface area contributed by atoms with E-state index in [4.69, 9.17) is 5.11 Å². The number of carbonyl (C=O) groups excluding carboxylic acids is 1. The van der Waals surface area contributed by atoms with Crippen LogP contribution in [-0.2, 0) is 4.79 Å². The Kier molecular flexibility index (Phi) is 4.36. The number of phenols is 1. The molecule has 1 amide bonds. The predicted octanol–water partition coefficient (Wildman–Crippen LogP) is 2.25. The fraction of sp³-hybridized carbons (Fsp3) is 0. The van der Waals surface area contributed by atoms with Crippen molar-refractivity contribution in [2.24, 2.45) is 0 Å². The van der Waals surface area contributed by atoms with Crippen molar-refractivity contribution < 1.29 is 19.8 Å². The number of rotatable bonds is 4. The van der Waals surface area contributed by atoms with Crippen LogP contribution in [0.3, 0.4) is 0 Å². The van der Waals surface area contributed by atoms with Crippen LogP contribution in [0.1, 0.15) is 15.9 Å². The molecule has 2 aromatic rings. The Morgan fingerprint density at radius 3 is 2.19 bits per heavy atom. The standard InChI is InChI=1S/C16H13NO4/c18-14-9-5-4-8-12(14)10-13(16(20)21)17-15(19)11-6-2-1-3-7-11/h1-10,18H,(H,17,19)(H,20,21)/b13-10-. The summed E-state index contributed by atoms with van der Waals surface area (Å²) >= 11 is 0. The summed E-state index contributed by atoms with van der Waals surface area (Å²) in [6, 6.07) is 14.5. The molecule has 0 aliphatic carbocycles. The van der Waals surface area contributed by atoms with Crippen LogP contribution >= 0.6 is 0 Å². The third-order valence-corrected chi connectivity index (χ3v) is 2.75. The van der Waals surface area contributed by atoms with Gasteiger partial charge >= 0.3 is 5.97 Å². The number of phenolic OH excluding ortho intramolecular Hbond substituents is 1. The number of amides is 1. The van der Waals surface area contributed by atoms with Gasteiger partial charge in [0, 0.05) is 11.1 Å². The van der Waals surface area contributed by atoms with Crippen molar-refractivity contribution in [2.45, 2.75) is 0 Å². The first-order chi connectivity index (χ1) is 10.1. The second-order valence-corrected chi connectivity index (χ2v) is 4.24. The number of aliphatic carboxylic acids is 1. The molecule has 5 nitrogen and oxygen atoms in total. The summed E-state index contributed by atoms with van der Waals surface area (Å²) in [6.45, 7) is 0. The lowest BCUT2D eigenvalue weighted by Crippen LogP contribution is -2.27. The minimum atomic E-state index is -1.29. The number of hydrogen-bond donors (Lipinski definition) is 3. The highest BCUT2D eigenvalue weighted by Gasteiger charge is 2.13. The van der Waals surface area contributed by atoms with Gasteiger partial charge in [-0.25, -0.2) is 4.79 Å². The summed E-state index contributed by atoms with van der Waals surface area (Å²) in [4.78, 5) is 23.2. The molecule has 3 N–H and O–H groups in total. The fourth-order valence-corrected chi connectivity index (χ4v) is 1.70. The lowest BCUT2D eigenvalue weighted by Gasteiger charge is -2.07. The molecule has 0 atom stereocenters. The second kappa shape index (κ2) is 6.38. The molecule has 0 aliphatic rings. The number of aromatic hydroxyl groups is 1. The molecule has 5 heteroatoms. The maximum absolute atomic E-state index is 12.0. The van der Waals surface area contributed by atoms with E-state index >= 15 is 0 Å². The molecule has 0 aromatic heterocycles. The van der Waals surface area contributed by atoms with E-state index in [-0.39, 0.29) is 11.4 Å². The molecule has 0 heterocycles. The van der Waals surface area contributed by atoms with Crippen molar-refractivity contribution in [1.29, 1.82) is 0 Å². The summed E-state index contributed by atoms with van der Waals surface area (Å²) in [5.74, 6) is -1.88. The number of nitrogens with one attached hydrogen (secondary N) is 1. The van der Waals surface area contributed by atoms with Crippen LogP contribution < -0.4 is 5.32 Å². The van der Waals surface area contributed by atoms with Crippen LogP contribution in [0.2, 0.25) is 0 Å². The highest BCUT2D eigenvalue weighted by atomic mass is 16.4. The van der Waals surface area contributed by atoms with Crippen molar-refractivity contribution in [2.75, 3.05) is 0 Å². The largest absolute Gasteiger partial charge is 0.507 e. The van der Waals surface area contributed by atoms with Gasteiger partial charge in [-0.15, -0.1) is 0 Å². The van der Waals surface area contributed by atoms with Gasteiger partial charge in [0.2, 0.25) is 0 Å². The highest BCUT2D eigenvalue weighted by molar-refractivity contribution is 6.02. The molecule has 2 aromatic carbocycles. The van der Waals surface area contributed by atoms with Crippen molar-refractivity contribution >= 4 is 18.0 Å². The number of carbonyl (C=O) groups is 2. The molecule has 0 unspecified atom stereocenters. The summed E-state index contributed by atoms with van der Waals surface area (Å²) in [6.07, 6.45) is 1.21. The van der Waals surface area contributed by atoms with Gasteiger partial charge in [0.25, 0.3) is 5.91 Å². The van der Waals surface area contributed by atoms with Crippen molar-refractivity contribution in [3.8, 4) is 5.75 Å². The van der Waals surface area contributed by atoms with Crippen LogP contribution in [0.4, 0.5) is 0 Å². The highest BCUT2D eigenvalue weighted by Crippen LogP contribution is 2.18. The van der Waals surface area contributed by atoms with Crippen LogP contribution in [-0.4, -0.2) is 22.1 Å². The van der Waals surface area contributed by atoms with Gasteiger partial charge in [0.05, 0.1) is 0 Å². The van der Waals surface area contributed by atoms with E-state index < -0.39 is 11.9 Å². The van der Waals surface area contributed by atoms with Gasteiger partial charge in [-0.3, -0.25) is 4.79 Å². The number of carboxylic acid groups (broad SMARTS) is 1. The molecule has 0 saturated carbocycles. The van der Waals surface area contributed by atoms with Crippen LogP contribution in [0.5, 0.6) is 5.75 Å². The SMILES string of the molecule is O=C(O)/C(=C/c1ccccc1O)NC(=O)c1ccccc1. The molecule has 0 fully saturated rings. The Bertz CT molecular complexity index is 692. The minimum Gasteiger partial charge on any atom is -0.507 e. The zero-order valence-corrected chi connectivity index (χ0v) is 11.0.